The first-order valence-corrected chi connectivity index (χ1v) is 10.6. The standard InChI is InChI=1S/C24H29N5O/c25-14-20(16-27-21-7-8-21)23-10-11-26-15-19(23)4-9-24(30)28-22-5-2-18(3-6-22)17-29-12-1-13-29/h2-6,9-11,15-16,21,27H,1,7-8,12-14,17,25H2,(H,28,30)/b9-4+,20-16+. The number of hydrogen-bond acceptors (Lipinski definition) is 5. The number of rotatable bonds is 9. The number of carbonyl (C=O) groups excluding carboxylic acids is 1. The van der Waals surface area contributed by atoms with Crippen molar-refractivity contribution in [1.82, 2.24) is 15.2 Å². The summed E-state index contributed by atoms with van der Waals surface area (Å²) in [7, 11) is 0. The molecular weight excluding hydrogens is 374 g/mol. The number of benzene rings is 1. The zero-order valence-corrected chi connectivity index (χ0v) is 17.2. The lowest BCUT2D eigenvalue weighted by molar-refractivity contribution is -0.111. The number of pyridine rings is 1. The van der Waals surface area contributed by atoms with Gasteiger partial charge in [-0.1, -0.05) is 12.1 Å². The number of hydrogen-bond donors (Lipinski definition) is 3. The van der Waals surface area contributed by atoms with Gasteiger partial charge in [0, 0.05) is 55.1 Å². The highest BCUT2D eigenvalue weighted by Crippen LogP contribution is 2.22. The highest BCUT2D eigenvalue weighted by atomic mass is 16.1. The molecule has 6 nitrogen and oxygen atoms in total. The van der Waals surface area contributed by atoms with Gasteiger partial charge >= 0.3 is 0 Å². The van der Waals surface area contributed by atoms with Crippen LogP contribution in [0.4, 0.5) is 5.69 Å². The van der Waals surface area contributed by atoms with Crippen molar-refractivity contribution in [3.05, 3.63) is 71.7 Å². The minimum absolute atomic E-state index is 0.172. The number of nitrogens with two attached hydrogens (primary N) is 1. The average Bonchev–Trinajstić information content (AvgIpc) is 3.56. The minimum atomic E-state index is -0.172. The Labute approximate surface area is 177 Å². The first-order chi connectivity index (χ1) is 14.7. The third-order valence-electron chi connectivity index (χ3n) is 5.48. The van der Waals surface area contributed by atoms with Crippen molar-refractivity contribution < 1.29 is 4.79 Å². The average molecular weight is 404 g/mol. The van der Waals surface area contributed by atoms with E-state index in [1.165, 1.54) is 44.0 Å². The third kappa shape index (κ3) is 5.55. The summed E-state index contributed by atoms with van der Waals surface area (Å²) in [4.78, 5) is 19.0. The largest absolute Gasteiger partial charge is 0.388 e. The van der Waals surface area contributed by atoms with Crippen LogP contribution in [0.1, 0.15) is 36.0 Å². The summed E-state index contributed by atoms with van der Waals surface area (Å²) in [6.07, 6.45) is 12.5. The van der Waals surface area contributed by atoms with Crippen LogP contribution in [0.3, 0.4) is 0 Å². The van der Waals surface area contributed by atoms with Crippen molar-refractivity contribution in [3.8, 4) is 0 Å². The van der Waals surface area contributed by atoms with Crippen LogP contribution in [0.2, 0.25) is 0 Å². The molecule has 1 amide bonds. The van der Waals surface area contributed by atoms with Gasteiger partial charge in [-0.15, -0.1) is 0 Å². The summed E-state index contributed by atoms with van der Waals surface area (Å²) < 4.78 is 0. The quantitative estimate of drug-likeness (QED) is 0.561. The molecule has 0 atom stereocenters. The second kappa shape index (κ2) is 9.69. The van der Waals surface area contributed by atoms with Gasteiger partial charge in [-0.2, -0.15) is 0 Å². The van der Waals surface area contributed by atoms with Gasteiger partial charge in [-0.25, -0.2) is 0 Å². The van der Waals surface area contributed by atoms with E-state index < -0.39 is 0 Å². The van der Waals surface area contributed by atoms with Crippen molar-refractivity contribution in [3.63, 3.8) is 0 Å². The number of likely N-dealkylation sites (tertiary alicyclic amines) is 1. The molecule has 6 heteroatoms. The Bertz CT molecular complexity index is 927. The van der Waals surface area contributed by atoms with E-state index in [1.54, 1.807) is 18.5 Å². The molecule has 4 N–H and O–H groups in total. The zero-order valence-electron chi connectivity index (χ0n) is 17.2. The number of aromatic nitrogens is 1. The van der Waals surface area contributed by atoms with Crippen LogP contribution in [0.25, 0.3) is 11.6 Å². The van der Waals surface area contributed by atoms with Crippen molar-refractivity contribution in [2.45, 2.75) is 31.8 Å². The highest BCUT2D eigenvalue weighted by Gasteiger charge is 2.19. The van der Waals surface area contributed by atoms with Crippen LogP contribution in [-0.4, -0.2) is 41.5 Å². The molecule has 156 valence electrons. The molecular formula is C24H29N5O. The molecule has 1 aromatic carbocycles. The van der Waals surface area contributed by atoms with E-state index in [2.05, 4.69) is 32.7 Å². The van der Waals surface area contributed by atoms with E-state index in [9.17, 15) is 4.79 Å². The molecule has 30 heavy (non-hydrogen) atoms. The number of anilines is 1. The fourth-order valence-electron chi connectivity index (χ4n) is 3.39. The molecule has 0 spiro atoms. The first kappa shape index (κ1) is 20.3. The van der Waals surface area contributed by atoms with E-state index in [1.807, 2.05) is 24.4 Å². The number of carbonyl (C=O) groups is 1. The molecule has 1 saturated heterocycles. The topological polar surface area (TPSA) is 83.3 Å². The summed E-state index contributed by atoms with van der Waals surface area (Å²) in [5, 5.41) is 6.31. The molecule has 0 bridgehead atoms. The van der Waals surface area contributed by atoms with Gasteiger partial charge in [0.25, 0.3) is 0 Å². The van der Waals surface area contributed by atoms with Gasteiger partial charge in [-0.3, -0.25) is 14.7 Å². The number of nitrogens with one attached hydrogen (secondary N) is 2. The molecule has 0 radical (unpaired) electrons. The molecule has 0 unspecified atom stereocenters. The van der Waals surface area contributed by atoms with Gasteiger partial charge in [0.05, 0.1) is 0 Å². The molecule has 4 rings (SSSR count). The van der Waals surface area contributed by atoms with Gasteiger partial charge in [0.2, 0.25) is 5.91 Å². The predicted molar refractivity (Wildman–Crippen MR) is 121 cm³/mol. The van der Waals surface area contributed by atoms with E-state index in [-0.39, 0.29) is 5.91 Å². The van der Waals surface area contributed by atoms with Crippen LogP contribution < -0.4 is 16.4 Å². The third-order valence-corrected chi connectivity index (χ3v) is 5.48. The van der Waals surface area contributed by atoms with Crippen molar-refractivity contribution >= 4 is 23.2 Å². The van der Waals surface area contributed by atoms with Crippen molar-refractivity contribution in [2.75, 3.05) is 25.0 Å². The summed E-state index contributed by atoms with van der Waals surface area (Å²) in [6.45, 7) is 3.75. The number of nitrogens with zero attached hydrogens (tertiary/aromatic N) is 2. The van der Waals surface area contributed by atoms with Crippen molar-refractivity contribution in [1.29, 1.82) is 0 Å². The van der Waals surface area contributed by atoms with E-state index >= 15 is 0 Å². The zero-order chi connectivity index (χ0) is 20.8. The smallest absolute Gasteiger partial charge is 0.248 e. The monoisotopic (exact) mass is 403 g/mol. The van der Waals surface area contributed by atoms with E-state index in [4.69, 9.17) is 5.73 Å². The maximum absolute atomic E-state index is 12.4. The maximum Gasteiger partial charge on any atom is 0.248 e. The molecule has 2 heterocycles. The lowest BCUT2D eigenvalue weighted by Gasteiger charge is -2.30. The summed E-state index contributed by atoms with van der Waals surface area (Å²) in [5.74, 6) is -0.172. The maximum atomic E-state index is 12.4. The molecule has 2 fully saturated rings. The predicted octanol–water partition coefficient (Wildman–Crippen LogP) is 2.99. The van der Waals surface area contributed by atoms with Crippen LogP contribution >= 0.6 is 0 Å². The minimum Gasteiger partial charge on any atom is -0.388 e. The van der Waals surface area contributed by atoms with Gasteiger partial charge in [0.1, 0.15) is 0 Å². The summed E-state index contributed by atoms with van der Waals surface area (Å²) in [6, 6.07) is 10.5. The summed E-state index contributed by atoms with van der Waals surface area (Å²) >= 11 is 0. The van der Waals surface area contributed by atoms with Crippen LogP contribution in [0, 0.1) is 0 Å². The second-order valence-corrected chi connectivity index (χ2v) is 7.93. The Morgan fingerprint density at radius 1 is 1.20 bits per heavy atom. The lowest BCUT2D eigenvalue weighted by Crippen LogP contribution is -2.36. The Morgan fingerprint density at radius 3 is 2.67 bits per heavy atom. The lowest BCUT2D eigenvalue weighted by atomic mass is 10.0. The Hall–Kier alpha value is -2.96. The van der Waals surface area contributed by atoms with Gasteiger partial charge in [-0.05, 0) is 73.3 Å². The number of amides is 1. The second-order valence-electron chi connectivity index (χ2n) is 7.93. The summed E-state index contributed by atoms with van der Waals surface area (Å²) in [5.41, 5.74) is 10.9. The van der Waals surface area contributed by atoms with Crippen LogP contribution in [0.5, 0.6) is 0 Å². The van der Waals surface area contributed by atoms with E-state index in [0.29, 0.717) is 12.6 Å². The Balaban J connectivity index is 1.38. The van der Waals surface area contributed by atoms with Crippen LogP contribution in [-0.2, 0) is 11.3 Å². The SMILES string of the molecule is NC/C(=C\NC1CC1)c1ccncc1/C=C/C(=O)Nc1ccc(CN2CCC2)cc1. The first-order valence-electron chi connectivity index (χ1n) is 10.6. The fourth-order valence-corrected chi connectivity index (χ4v) is 3.39. The van der Waals surface area contributed by atoms with Crippen LogP contribution in [0.15, 0.2) is 55.0 Å². The molecule has 2 aliphatic rings. The molecule has 1 aliphatic heterocycles. The molecule has 1 aliphatic carbocycles. The van der Waals surface area contributed by atoms with E-state index in [0.717, 1.165) is 28.9 Å². The molecule has 1 aromatic heterocycles. The fraction of sp³-hybridized carbons (Fsp3) is 0.333. The highest BCUT2D eigenvalue weighted by molar-refractivity contribution is 6.02. The molecule has 2 aromatic rings. The Morgan fingerprint density at radius 2 is 2.00 bits per heavy atom. The van der Waals surface area contributed by atoms with Crippen molar-refractivity contribution in [2.24, 2.45) is 5.73 Å². The molecule has 1 saturated carbocycles. The van der Waals surface area contributed by atoms with Gasteiger partial charge < -0.3 is 16.4 Å². The normalized spacial score (nSPS) is 17.0. The Kier molecular flexibility index (Phi) is 6.57. The van der Waals surface area contributed by atoms with Gasteiger partial charge in [0.15, 0.2) is 0 Å².